The van der Waals surface area contributed by atoms with E-state index in [0.717, 1.165) is 66.7 Å². The van der Waals surface area contributed by atoms with Gasteiger partial charge in [0.15, 0.2) is 0 Å². The topological polar surface area (TPSA) is 27.9 Å². The average Bonchev–Trinajstić information content (AvgIpc) is 4.17. The summed E-state index contributed by atoms with van der Waals surface area (Å²) in [5.74, 6) is 0. The number of fused-ring (bicyclic) bond motifs is 12. The predicted octanol–water partition coefficient (Wildman–Crippen LogP) is 17.9. The van der Waals surface area contributed by atoms with Crippen LogP contribution in [0.5, 0.6) is 0 Å². The second-order valence-electron chi connectivity index (χ2n) is 18.4. The summed E-state index contributed by atoms with van der Waals surface area (Å²) in [6.07, 6.45) is 0. The van der Waals surface area contributed by atoms with Gasteiger partial charge in [-0.15, -0.1) is 0 Å². The van der Waals surface area contributed by atoms with E-state index in [0.29, 0.717) is 0 Å². The first-order valence-electron chi connectivity index (χ1n) is 24.0. The Labute approximate surface area is 402 Å². The van der Waals surface area contributed by atoms with Crippen molar-refractivity contribution in [3.8, 4) is 50.4 Å². The van der Waals surface area contributed by atoms with Crippen molar-refractivity contribution < 1.29 is 4.42 Å². The lowest BCUT2D eigenvalue weighted by atomic mass is 9.94. The van der Waals surface area contributed by atoms with Gasteiger partial charge in [-0.3, -0.25) is 0 Å². The molecule has 0 N–H and O–H groups in total. The van der Waals surface area contributed by atoms with Gasteiger partial charge < -0.3 is 18.1 Å². The zero-order valence-electron chi connectivity index (χ0n) is 37.9. The molecular formula is C66H41N3O. The van der Waals surface area contributed by atoms with Gasteiger partial charge in [-0.1, -0.05) is 146 Å². The van der Waals surface area contributed by atoms with Crippen LogP contribution in [0, 0.1) is 0 Å². The van der Waals surface area contributed by atoms with E-state index >= 15 is 0 Å². The Morgan fingerprint density at radius 3 is 1.36 bits per heavy atom. The lowest BCUT2D eigenvalue weighted by Gasteiger charge is -2.10. The second kappa shape index (κ2) is 15.1. The van der Waals surface area contributed by atoms with E-state index in [9.17, 15) is 0 Å². The van der Waals surface area contributed by atoms with Gasteiger partial charge in [-0.25, -0.2) is 0 Å². The number of nitrogens with zero attached hydrogens (tertiary/aromatic N) is 3. The highest BCUT2D eigenvalue weighted by atomic mass is 16.3. The second-order valence-corrected chi connectivity index (χ2v) is 18.4. The minimum Gasteiger partial charge on any atom is -0.456 e. The summed E-state index contributed by atoms with van der Waals surface area (Å²) in [5.41, 5.74) is 19.3. The van der Waals surface area contributed by atoms with Crippen LogP contribution in [0.3, 0.4) is 0 Å². The Morgan fingerprint density at radius 1 is 0.229 bits per heavy atom. The first-order chi connectivity index (χ1) is 34.7. The molecule has 0 aliphatic carbocycles. The molecule has 0 bridgehead atoms. The number of hydrogen-bond acceptors (Lipinski definition) is 1. The molecule has 70 heavy (non-hydrogen) atoms. The van der Waals surface area contributed by atoms with Crippen LogP contribution in [0.25, 0.3) is 138 Å². The van der Waals surface area contributed by atoms with Gasteiger partial charge in [0, 0.05) is 60.2 Å². The zero-order valence-corrected chi connectivity index (χ0v) is 37.9. The van der Waals surface area contributed by atoms with Crippen LogP contribution in [0.15, 0.2) is 253 Å². The SMILES string of the molecule is c1ccc(-n2c3ccccc3c3cc(-c4cccc5oc6ccc(-c7cccc8c7c7cc(-c9ccc%10c%11ccccc%11n(-c%11ccccc%11)c%10c9)ccc7n8-c7ccccc7)cc6c45)ccc32)cc1. The van der Waals surface area contributed by atoms with E-state index in [1.165, 1.54) is 71.1 Å². The molecule has 0 aliphatic heterocycles. The van der Waals surface area contributed by atoms with Crippen molar-refractivity contribution in [3.63, 3.8) is 0 Å². The van der Waals surface area contributed by atoms with Crippen molar-refractivity contribution in [1.82, 2.24) is 13.7 Å². The largest absolute Gasteiger partial charge is 0.456 e. The maximum absolute atomic E-state index is 6.69. The van der Waals surface area contributed by atoms with Crippen LogP contribution in [-0.2, 0) is 0 Å². The molecule has 0 aliphatic rings. The minimum absolute atomic E-state index is 0.873. The fourth-order valence-corrected chi connectivity index (χ4v) is 11.6. The van der Waals surface area contributed by atoms with Gasteiger partial charge >= 0.3 is 0 Å². The maximum atomic E-state index is 6.69. The minimum atomic E-state index is 0.873. The first kappa shape index (κ1) is 38.7. The van der Waals surface area contributed by atoms with Gasteiger partial charge in [0.25, 0.3) is 0 Å². The molecule has 0 spiro atoms. The zero-order chi connectivity index (χ0) is 45.9. The van der Waals surface area contributed by atoms with Crippen LogP contribution in [-0.4, -0.2) is 13.7 Å². The lowest BCUT2D eigenvalue weighted by molar-refractivity contribution is 0.669. The Balaban J connectivity index is 0.929. The van der Waals surface area contributed by atoms with E-state index in [1.807, 2.05) is 0 Å². The summed E-state index contributed by atoms with van der Waals surface area (Å²) < 4.78 is 13.9. The smallest absolute Gasteiger partial charge is 0.136 e. The third-order valence-electron chi connectivity index (χ3n) is 14.6. The molecule has 11 aromatic carbocycles. The van der Waals surface area contributed by atoms with Gasteiger partial charge in [0.05, 0.1) is 33.1 Å². The van der Waals surface area contributed by atoms with Crippen molar-refractivity contribution >= 4 is 87.4 Å². The summed E-state index contributed by atoms with van der Waals surface area (Å²) in [4.78, 5) is 0. The van der Waals surface area contributed by atoms with E-state index in [-0.39, 0.29) is 0 Å². The van der Waals surface area contributed by atoms with Crippen LogP contribution in [0.2, 0.25) is 0 Å². The van der Waals surface area contributed by atoms with Crippen molar-refractivity contribution in [2.75, 3.05) is 0 Å². The first-order valence-corrected chi connectivity index (χ1v) is 24.0. The Morgan fingerprint density at radius 2 is 0.671 bits per heavy atom. The molecule has 0 atom stereocenters. The van der Waals surface area contributed by atoms with Crippen LogP contribution < -0.4 is 0 Å². The monoisotopic (exact) mass is 891 g/mol. The molecule has 0 unspecified atom stereocenters. The molecule has 0 radical (unpaired) electrons. The van der Waals surface area contributed by atoms with Crippen molar-refractivity contribution in [2.45, 2.75) is 0 Å². The third kappa shape index (κ3) is 5.71. The van der Waals surface area contributed by atoms with Crippen molar-refractivity contribution in [1.29, 1.82) is 0 Å². The average molecular weight is 892 g/mol. The predicted molar refractivity (Wildman–Crippen MR) is 293 cm³/mol. The highest BCUT2D eigenvalue weighted by molar-refractivity contribution is 6.20. The molecule has 15 aromatic rings. The summed E-state index contributed by atoms with van der Waals surface area (Å²) in [5, 5.41) is 9.59. The maximum Gasteiger partial charge on any atom is 0.136 e. The van der Waals surface area contributed by atoms with Gasteiger partial charge in [0.1, 0.15) is 11.2 Å². The molecule has 0 saturated carbocycles. The Bertz CT molecular complexity index is 4570. The summed E-state index contributed by atoms with van der Waals surface area (Å²) in [7, 11) is 0. The van der Waals surface area contributed by atoms with Crippen LogP contribution in [0.1, 0.15) is 0 Å². The Kier molecular flexibility index (Phi) is 8.33. The molecule has 4 nitrogen and oxygen atoms in total. The number of para-hydroxylation sites is 5. The third-order valence-corrected chi connectivity index (χ3v) is 14.6. The quantitative estimate of drug-likeness (QED) is 0.163. The lowest BCUT2D eigenvalue weighted by Crippen LogP contribution is -1.93. The number of benzene rings is 11. The fraction of sp³-hybridized carbons (Fsp3) is 0. The van der Waals surface area contributed by atoms with Gasteiger partial charge in [0.2, 0.25) is 0 Å². The van der Waals surface area contributed by atoms with Crippen LogP contribution in [0.4, 0.5) is 0 Å². The van der Waals surface area contributed by atoms with Gasteiger partial charge in [-0.05, 0) is 137 Å². The van der Waals surface area contributed by atoms with E-state index in [4.69, 9.17) is 4.42 Å². The standard InChI is InChI=1S/C66H41N3O/c1-4-16-46(17-5-1)67-58-27-13-11-23-52(58)54-39-44(32-36-59(54)67)50-25-15-29-64-66(50)56-40-45(33-37-63(56)70-64)49-24-14-28-61-65(49)55-38-42(31-35-60(55)68(61)47-18-6-2-7-19-47)43-30-34-53-51-22-10-12-26-57(51)69(62(53)41-43)48-20-8-3-9-21-48/h1-41H. The molecule has 0 saturated heterocycles. The number of rotatable bonds is 6. The van der Waals surface area contributed by atoms with Crippen molar-refractivity contribution in [3.05, 3.63) is 249 Å². The number of furan rings is 1. The molecule has 326 valence electrons. The molecule has 4 heteroatoms. The molecule has 15 rings (SSSR count). The summed E-state index contributed by atoms with van der Waals surface area (Å²) in [6.45, 7) is 0. The highest BCUT2D eigenvalue weighted by Crippen LogP contribution is 2.45. The molecule has 4 aromatic heterocycles. The van der Waals surface area contributed by atoms with E-state index in [1.54, 1.807) is 0 Å². The van der Waals surface area contributed by atoms with E-state index in [2.05, 4.69) is 262 Å². The van der Waals surface area contributed by atoms with Crippen LogP contribution >= 0.6 is 0 Å². The van der Waals surface area contributed by atoms with Gasteiger partial charge in [-0.2, -0.15) is 0 Å². The fourth-order valence-electron chi connectivity index (χ4n) is 11.6. The molecule has 0 fully saturated rings. The van der Waals surface area contributed by atoms with Crippen molar-refractivity contribution in [2.24, 2.45) is 0 Å². The normalized spacial score (nSPS) is 12.0. The number of hydrogen-bond donors (Lipinski definition) is 0. The summed E-state index contributed by atoms with van der Waals surface area (Å²) in [6, 6.07) is 90.4. The highest BCUT2D eigenvalue weighted by Gasteiger charge is 2.21. The Hall–Kier alpha value is -9.38. The molecule has 4 heterocycles. The molecule has 0 amide bonds. The summed E-state index contributed by atoms with van der Waals surface area (Å²) >= 11 is 0. The van der Waals surface area contributed by atoms with E-state index < -0.39 is 0 Å². The molecular weight excluding hydrogens is 851 g/mol. The number of aromatic nitrogens is 3.